The largest absolute Gasteiger partial charge is 0.493 e. The molecule has 8 nitrogen and oxygen atoms in total. The summed E-state index contributed by atoms with van der Waals surface area (Å²) < 4.78 is 10.6. The molecule has 1 aromatic carbocycles. The van der Waals surface area contributed by atoms with E-state index in [9.17, 15) is 5.21 Å². The number of amidine groups is 2. The zero-order valence-corrected chi connectivity index (χ0v) is 14.5. The third kappa shape index (κ3) is 3.64. The average molecular weight is 338 g/mol. The van der Waals surface area contributed by atoms with Gasteiger partial charge in [-0.15, -0.1) is 0 Å². The molecule has 1 atom stereocenters. The van der Waals surface area contributed by atoms with Gasteiger partial charge < -0.3 is 31.4 Å². The maximum absolute atomic E-state index is 9.33. The molecule has 0 aliphatic carbocycles. The number of hydrogen-bond donors (Lipinski definition) is 4. The van der Waals surface area contributed by atoms with Gasteiger partial charge in [0, 0.05) is 6.42 Å². The third-order valence-corrected chi connectivity index (χ3v) is 4.35. The minimum atomic E-state index is -0.816. The number of rotatable bonds is 8. The Kier molecular flexibility index (Phi) is 6.69. The quantitative estimate of drug-likeness (QED) is 0.247. The van der Waals surface area contributed by atoms with Crippen LogP contribution in [0, 0.1) is 5.92 Å². The number of methoxy groups -OCH3 is 2. The molecule has 0 amide bonds. The van der Waals surface area contributed by atoms with E-state index in [2.05, 4.69) is 10.3 Å². The molecular weight excluding hydrogens is 312 g/mol. The summed E-state index contributed by atoms with van der Waals surface area (Å²) in [5.41, 5.74) is 11.6. The van der Waals surface area contributed by atoms with Crippen LogP contribution in [0.15, 0.2) is 28.5 Å². The Morgan fingerprint density at radius 1 is 1.12 bits per heavy atom. The highest BCUT2D eigenvalue weighted by Crippen LogP contribution is 2.41. The Bertz CT molecular complexity index is 616. The van der Waals surface area contributed by atoms with Crippen molar-refractivity contribution in [3.63, 3.8) is 0 Å². The van der Waals surface area contributed by atoms with E-state index in [-0.39, 0.29) is 24.0 Å². The number of hydrogen-bond acceptors (Lipinski definition) is 6. The molecule has 0 fully saturated rings. The van der Waals surface area contributed by atoms with Gasteiger partial charge in [0.25, 0.3) is 0 Å². The van der Waals surface area contributed by atoms with E-state index in [4.69, 9.17) is 26.1 Å². The summed E-state index contributed by atoms with van der Waals surface area (Å²) >= 11 is 0. The van der Waals surface area contributed by atoms with Gasteiger partial charge in [0.1, 0.15) is 11.7 Å². The predicted molar refractivity (Wildman–Crippen MR) is 92.1 cm³/mol. The van der Waals surface area contributed by atoms with Gasteiger partial charge in [-0.25, -0.2) is 0 Å². The topological polar surface area (TPSA) is 136 Å². The number of nitrogens with zero attached hydrogens (tertiary/aromatic N) is 2. The van der Waals surface area contributed by atoms with Crippen molar-refractivity contribution in [3.05, 3.63) is 23.8 Å². The average Bonchev–Trinajstić information content (AvgIpc) is 2.60. The fourth-order valence-corrected chi connectivity index (χ4v) is 2.92. The first kappa shape index (κ1) is 19.4. The standard InChI is InChI=1S/C16H26N4O4/c1-10(2)16(15(18)20-22,8-7-14(17)19-21)11-5-6-12(23-3)13(9-11)24-4/h5-6,9-10,21-22H,7-8H2,1-4H3,(H2,17,19)(H2,18,20). The highest BCUT2D eigenvalue weighted by molar-refractivity contribution is 5.92. The highest BCUT2D eigenvalue weighted by Gasteiger charge is 2.41. The zero-order valence-electron chi connectivity index (χ0n) is 14.5. The van der Waals surface area contributed by atoms with E-state index < -0.39 is 5.41 Å². The van der Waals surface area contributed by atoms with Crippen molar-refractivity contribution in [2.75, 3.05) is 14.2 Å². The minimum Gasteiger partial charge on any atom is -0.493 e. The molecule has 1 aromatic rings. The molecule has 0 aliphatic rings. The van der Waals surface area contributed by atoms with Gasteiger partial charge in [0.05, 0.1) is 19.6 Å². The number of nitrogens with two attached hydrogens (primary N) is 2. The van der Waals surface area contributed by atoms with Crippen molar-refractivity contribution >= 4 is 11.7 Å². The second kappa shape index (κ2) is 8.28. The van der Waals surface area contributed by atoms with Crippen molar-refractivity contribution in [2.45, 2.75) is 32.1 Å². The van der Waals surface area contributed by atoms with Crippen LogP contribution in [-0.2, 0) is 5.41 Å². The van der Waals surface area contributed by atoms with Crippen molar-refractivity contribution in [1.29, 1.82) is 0 Å². The molecule has 0 bridgehead atoms. The molecule has 0 saturated heterocycles. The van der Waals surface area contributed by atoms with E-state index in [1.54, 1.807) is 26.4 Å². The highest BCUT2D eigenvalue weighted by atomic mass is 16.5. The predicted octanol–water partition coefficient (Wildman–Crippen LogP) is 1.87. The molecule has 0 aromatic heterocycles. The monoisotopic (exact) mass is 338 g/mol. The minimum absolute atomic E-state index is 0.0296. The van der Waals surface area contributed by atoms with Crippen LogP contribution in [-0.4, -0.2) is 36.3 Å². The SMILES string of the molecule is COc1ccc(C(CC/C(N)=N\O)(/C(N)=N\O)C(C)C)cc1OC. The van der Waals surface area contributed by atoms with Crippen molar-refractivity contribution in [3.8, 4) is 11.5 Å². The summed E-state index contributed by atoms with van der Waals surface area (Å²) in [6, 6.07) is 5.40. The number of benzene rings is 1. The molecule has 0 saturated carbocycles. The molecular formula is C16H26N4O4. The van der Waals surface area contributed by atoms with Gasteiger partial charge >= 0.3 is 0 Å². The van der Waals surface area contributed by atoms with Crippen LogP contribution in [0.3, 0.4) is 0 Å². The number of ether oxygens (including phenoxy) is 2. The fraction of sp³-hybridized carbons (Fsp3) is 0.500. The number of oxime groups is 2. The van der Waals surface area contributed by atoms with Crippen LogP contribution in [0.4, 0.5) is 0 Å². The zero-order chi connectivity index (χ0) is 18.3. The molecule has 24 heavy (non-hydrogen) atoms. The van der Waals surface area contributed by atoms with E-state index >= 15 is 0 Å². The second-order valence-corrected chi connectivity index (χ2v) is 5.77. The first-order chi connectivity index (χ1) is 11.4. The van der Waals surface area contributed by atoms with Crippen molar-refractivity contribution < 1.29 is 19.9 Å². The first-order valence-electron chi connectivity index (χ1n) is 7.54. The summed E-state index contributed by atoms with van der Waals surface area (Å²) in [6.45, 7) is 3.92. The molecule has 6 N–H and O–H groups in total. The third-order valence-electron chi connectivity index (χ3n) is 4.35. The lowest BCUT2D eigenvalue weighted by Gasteiger charge is -2.37. The molecule has 134 valence electrons. The molecule has 0 aliphatic heterocycles. The Labute approximate surface area is 141 Å². The van der Waals surface area contributed by atoms with Crippen LogP contribution in [0.2, 0.25) is 0 Å². The van der Waals surface area contributed by atoms with Gasteiger partial charge in [0.15, 0.2) is 11.5 Å². The molecule has 0 heterocycles. The van der Waals surface area contributed by atoms with Gasteiger partial charge in [-0.2, -0.15) is 0 Å². The lowest BCUT2D eigenvalue weighted by atomic mass is 9.67. The fourth-order valence-electron chi connectivity index (χ4n) is 2.92. The maximum Gasteiger partial charge on any atom is 0.161 e. The normalized spacial score (nSPS) is 15.2. The van der Waals surface area contributed by atoms with Crippen LogP contribution in [0.1, 0.15) is 32.3 Å². The first-order valence-corrected chi connectivity index (χ1v) is 7.54. The lowest BCUT2D eigenvalue weighted by Crippen LogP contribution is -2.46. The van der Waals surface area contributed by atoms with E-state index in [0.29, 0.717) is 17.9 Å². The van der Waals surface area contributed by atoms with E-state index in [0.717, 1.165) is 5.56 Å². The molecule has 0 spiro atoms. The molecule has 0 radical (unpaired) electrons. The van der Waals surface area contributed by atoms with Gasteiger partial charge in [-0.1, -0.05) is 30.2 Å². The molecule has 1 unspecified atom stereocenters. The van der Waals surface area contributed by atoms with Crippen molar-refractivity contribution in [1.82, 2.24) is 0 Å². The van der Waals surface area contributed by atoms with Crippen molar-refractivity contribution in [2.24, 2.45) is 27.7 Å². The van der Waals surface area contributed by atoms with E-state index in [1.807, 2.05) is 19.9 Å². The Morgan fingerprint density at radius 3 is 2.21 bits per heavy atom. The summed E-state index contributed by atoms with van der Waals surface area (Å²) in [5.74, 6) is 1.21. The van der Waals surface area contributed by atoms with Crippen LogP contribution >= 0.6 is 0 Å². The van der Waals surface area contributed by atoms with Crippen LogP contribution in [0.25, 0.3) is 0 Å². The Hall–Kier alpha value is -2.64. The van der Waals surface area contributed by atoms with Gasteiger partial charge in [-0.3, -0.25) is 0 Å². The lowest BCUT2D eigenvalue weighted by molar-refractivity contribution is 0.296. The maximum atomic E-state index is 9.33. The van der Waals surface area contributed by atoms with Gasteiger partial charge in [0.2, 0.25) is 0 Å². The molecule has 8 heteroatoms. The van der Waals surface area contributed by atoms with Gasteiger partial charge in [-0.05, 0) is 30.0 Å². The Balaban J connectivity index is 3.51. The summed E-state index contributed by atoms with van der Waals surface area (Å²) in [6.07, 6.45) is 0.672. The van der Waals surface area contributed by atoms with E-state index in [1.165, 1.54) is 0 Å². The smallest absolute Gasteiger partial charge is 0.161 e. The van der Waals surface area contributed by atoms with Crippen LogP contribution < -0.4 is 20.9 Å². The summed E-state index contributed by atoms with van der Waals surface area (Å²) in [4.78, 5) is 0. The second-order valence-electron chi connectivity index (χ2n) is 5.77. The summed E-state index contributed by atoms with van der Waals surface area (Å²) in [5, 5.41) is 24.4. The Morgan fingerprint density at radius 2 is 1.75 bits per heavy atom. The molecule has 1 rings (SSSR count). The summed E-state index contributed by atoms with van der Waals surface area (Å²) in [7, 11) is 3.09. The van der Waals surface area contributed by atoms with Crippen LogP contribution in [0.5, 0.6) is 11.5 Å².